The summed E-state index contributed by atoms with van der Waals surface area (Å²) in [6.45, 7) is 1.59. The minimum Gasteiger partial charge on any atom is -0.530 e. The van der Waals surface area contributed by atoms with Crippen molar-refractivity contribution in [2.75, 3.05) is 22.5 Å². The van der Waals surface area contributed by atoms with Gasteiger partial charge in [0.1, 0.15) is 17.6 Å². The van der Waals surface area contributed by atoms with Crippen LogP contribution in [-0.2, 0) is 0 Å². The third kappa shape index (κ3) is 5.01. The van der Waals surface area contributed by atoms with Gasteiger partial charge in [-0.2, -0.15) is 0 Å². The van der Waals surface area contributed by atoms with Gasteiger partial charge in [-0.05, 0) is 42.3 Å². The number of hydrogen-bond donors (Lipinski definition) is 2. The van der Waals surface area contributed by atoms with Crippen molar-refractivity contribution in [3.63, 3.8) is 0 Å². The first kappa shape index (κ1) is 23.1. The van der Waals surface area contributed by atoms with Gasteiger partial charge in [0.15, 0.2) is 0 Å². The van der Waals surface area contributed by atoms with Crippen molar-refractivity contribution >= 4 is 52.3 Å². The Kier molecular flexibility index (Phi) is 7.01. The lowest BCUT2D eigenvalue weighted by Crippen LogP contribution is -2.41. The molecule has 2 aromatic carbocycles. The molecular formula is C21H18Cl2N5O4-. The zero-order chi connectivity index (χ0) is 23.4. The van der Waals surface area contributed by atoms with E-state index < -0.39 is 28.6 Å². The van der Waals surface area contributed by atoms with Gasteiger partial charge in [-0.15, -0.1) is 0 Å². The highest BCUT2D eigenvalue weighted by atomic mass is 35.5. The average molecular weight is 475 g/mol. The number of halogens is 2. The Labute approximate surface area is 193 Å². The fraction of sp³-hybridized carbons (Fsp3) is 0.143. The lowest BCUT2D eigenvalue weighted by atomic mass is 9.98. The number of carboxylic acid groups (broad SMARTS) is 1. The van der Waals surface area contributed by atoms with Crippen molar-refractivity contribution in [1.29, 1.82) is 0 Å². The standard InChI is InChI=1S/C21H19Cl2N5O4/c1-2-27(21(29)30)17-11-16(19(28(31)32)20(24)26-17)25-18(12-3-7-14(22)8-4-12)13-5-9-15(23)10-6-13/h3-11,18H,2H2,1H3,(H,29,30)(H3,24,25,26)/p-1. The van der Waals surface area contributed by atoms with Gasteiger partial charge >= 0.3 is 5.69 Å². The molecule has 0 unspecified atom stereocenters. The van der Waals surface area contributed by atoms with Gasteiger partial charge < -0.3 is 25.9 Å². The van der Waals surface area contributed by atoms with Crippen molar-refractivity contribution in [3.05, 3.63) is 85.9 Å². The monoisotopic (exact) mass is 474 g/mol. The number of nitro groups is 1. The molecule has 11 heteroatoms. The number of nitrogen functional groups attached to an aromatic ring is 1. The number of anilines is 3. The summed E-state index contributed by atoms with van der Waals surface area (Å²) >= 11 is 12.0. The molecule has 0 saturated carbocycles. The first-order valence-electron chi connectivity index (χ1n) is 9.42. The lowest BCUT2D eigenvalue weighted by Gasteiger charge is -2.25. The highest BCUT2D eigenvalue weighted by Crippen LogP contribution is 2.37. The van der Waals surface area contributed by atoms with Gasteiger partial charge in [0.2, 0.25) is 5.82 Å². The van der Waals surface area contributed by atoms with Crippen LogP contribution in [0.3, 0.4) is 0 Å². The first-order chi connectivity index (χ1) is 15.2. The summed E-state index contributed by atoms with van der Waals surface area (Å²) in [5, 5.41) is 27.4. The van der Waals surface area contributed by atoms with Crippen LogP contribution < -0.4 is 21.1 Å². The van der Waals surface area contributed by atoms with Crippen LogP contribution in [0.2, 0.25) is 10.0 Å². The number of rotatable bonds is 7. The molecule has 1 aromatic heterocycles. The lowest BCUT2D eigenvalue weighted by molar-refractivity contribution is -0.383. The normalized spacial score (nSPS) is 10.8. The molecular weight excluding hydrogens is 457 g/mol. The number of nitrogens with zero attached hydrogens (tertiary/aromatic N) is 3. The van der Waals surface area contributed by atoms with Crippen LogP contribution in [0, 0.1) is 10.1 Å². The van der Waals surface area contributed by atoms with E-state index in [1.807, 2.05) is 0 Å². The minimum absolute atomic E-state index is 0.00731. The Bertz CT molecular complexity index is 1090. The molecule has 1 heterocycles. The summed E-state index contributed by atoms with van der Waals surface area (Å²) in [6, 6.07) is 14.5. The summed E-state index contributed by atoms with van der Waals surface area (Å²) in [7, 11) is 0. The minimum atomic E-state index is -1.51. The predicted molar refractivity (Wildman–Crippen MR) is 122 cm³/mol. The molecule has 3 N–H and O–H groups in total. The molecule has 3 rings (SSSR count). The first-order valence-corrected chi connectivity index (χ1v) is 10.2. The van der Waals surface area contributed by atoms with E-state index in [-0.39, 0.29) is 18.1 Å². The van der Waals surface area contributed by atoms with Crippen LogP contribution in [0.5, 0.6) is 0 Å². The Morgan fingerprint density at radius 2 is 1.62 bits per heavy atom. The number of aromatic nitrogens is 1. The van der Waals surface area contributed by atoms with E-state index in [0.29, 0.717) is 10.0 Å². The third-order valence-corrected chi connectivity index (χ3v) is 5.21. The molecule has 0 aliphatic heterocycles. The largest absolute Gasteiger partial charge is 0.530 e. The van der Waals surface area contributed by atoms with Crippen LogP contribution in [0.1, 0.15) is 24.1 Å². The Morgan fingerprint density at radius 1 is 1.12 bits per heavy atom. The van der Waals surface area contributed by atoms with Crippen molar-refractivity contribution in [1.82, 2.24) is 4.98 Å². The van der Waals surface area contributed by atoms with E-state index in [9.17, 15) is 20.0 Å². The second kappa shape index (κ2) is 9.71. The van der Waals surface area contributed by atoms with E-state index >= 15 is 0 Å². The molecule has 166 valence electrons. The maximum atomic E-state index is 11.7. The highest BCUT2D eigenvalue weighted by Gasteiger charge is 2.26. The highest BCUT2D eigenvalue weighted by molar-refractivity contribution is 6.30. The summed E-state index contributed by atoms with van der Waals surface area (Å²) in [6.07, 6.45) is -1.51. The summed E-state index contributed by atoms with van der Waals surface area (Å²) < 4.78 is 0. The van der Waals surface area contributed by atoms with Gasteiger partial charge in [0, 0.05) is 22.7 Å². The number of hydrogen-bond acceptors (Lipinski definition) is 7. The second-order valence-corrected chi connectivity index (χ2v) is 7.58. The van der Waals surface area contributed by atoms with Crippen LogP contribution in [0.25, 0.3) is 0 Å². The number of nitrogens with one attached hydrogen (secondary N) is 1. The summed E-state index contributed by atoms with van der Waals surface area (Å²) in [4.78, 5) is 27.2. The fourth-order valence-electron chi connectivity index (χ4n) is 3.19. The van der Waals surface area contributed by atoms with E-state index in [1.165, 1.54) is 6.07 Å². The molecule has 0 radical (unpaired) electrons. The number of pyridine rings is 1. The third-order valence-electron chi connectivity index (χ3n) is 4.71. The molecule has 0 spiro atoms. The number of benzene rings is 2. The van der Waals surface area contributed by atoms with E-state index in [4.69, 9.17) is 28.9 Å². The van der Waals surface area contributed by atoms with E-state index in [2.05, 4.69) is 10.3 Å². The van der Waals surface area contributed by atoms with Crippen molar-refractivity contribution in [2.24, 2.45) is 0 Å². The molecule has 0 aliphatic rings. The van der Waals surface area contributed by atoms with Gasteiger partial charge in [0.25, 0.3) is 0 Å². The quantitative estimate of drug-likeness (QED) is 0.385. The Morgan fingerprint density at radius 3 is 2.03 bits per heavy atom. The van der Waals surface area contributed by atoms with Crippen molar-refractivity contribution < 1.29 is 14.8 Å². The summed E-state index contributed by atoms with van der Waals surface area (Å²) in [5.41, 5.74) is 6.85. The number of nitrogens with two attached hydrogens (primary N) is 1. The van der Waals surface area contributed by atoms with Gasteiger partial charge in [-0.1, -0.05) is 47.5 Å². The van der Waals surface area contributed by atoms with Crippen LogP contribution in [0.4, 0.5) is 27.8 Å². The number of carbonyl (C=O) groups is 1. The van der Waals surface area contributed by atoms with Gasteiger partial charge in [0.05, 0.1) is 11.0 Å². The van der Waals surface area contributed by atoms with Gasteiger partial charge in [-0.3, -0.25) is 10.1 Å². The second-order valence-electron chi connectivity index (χ2n) is 6.71. The summed E-state index contributed by atoms with van der Waals surface area (Å²) in [5.74, 6) is -0.523. The molecule has 0 aliphatic carbocycles. The SMILES string of the molecule is CCN(C(=O)[O-])c1cc(NC(c2ccc(Cl)cc2)c2ccc(Cl)cc2)c([N+](=O)[O-])c(N)n1. The van der Waals surface area contributed by atoms with Crippen molar-refractivity contribution in [2.45, 2.75) is 13.0 Å². The van der Waals surface area contributed by atoms with Crippen LogP contribution in [-0.4, -0.2) is 22.5 Å². The molecule has 1 amide bonds. The van der Waals surface area contributed by atoms with Crippen molar-refractivity contribution in [3.8, 4) is 0 Å². The van der Waals surface area contributed by atoms with Gasteiger partial charge in [-0.25, -0.2) is 4.98 Å². The van der Waals surface area contributed by atoms with Crippen LogP contribution >= 0.6 is 23.2 Å². The molecule has 0 atom stereocenters. The Balaban J connectivity index is 2.16. The zero-order valence-corrected chi connectivity index (χ0v) is 18.3. The molecule has 32 heavy (non-hydrogen) atoms. The number of carbonyl (C=O) groups excluding carboxylic acids is 1. The topological polar surface area (TPSA) is 137 Å². The molecule has 9 nitrogen and oxygen atoms in total. The van der Waals surface area contributed by atoms with Crippen LogP contribution in [0.15, 0.2) is 54.6 Å². The smallest absolute Gasteiger partial charge is 0.334 e. The Hall–Kier alpha value is -3.56. The zero-order valence-electron chi connectivity index (χ0n) is 16.8. The molecule has 0 fully saturated rings. The van der Waals surface area contributed by atoms with E-state index in [1.54, 1.807) is 55.5 Å². The molecule has 0 bridgehead atoms. The molecule has 0 saturated heterocycles. The maximum absolute atomic E-state index is 11.7. The maximum Gasteiger partial charge on any atom is 0.334 e. The number of amides is 1. The fourth-order valence-corrected chi connectivity index (χ4v) is 3.45. The average Bonchev–Trinajstić information content (AvgIpc) is 2.73. The molecule has 3 aromatic rings. The predicted octanol–water partition coefficient (Wildman–Crippen LogP) is 4.25. The van der Waals surface area contributed by atoms with E-state index in [0.717, 1.165) is 16.0 Å².